The van der Waals surface area contributed by atoms with E-state index in [-0.39, 0.29) is 11.8 Å². The first-order valence-corrected chi connectivity index (χ1v) is 9.82. The SMILES string of the molecule is CC(CCc1ccccc1)CC(=O)NCc1cccc(N2CCCC2=O)c1. The number of anilines is 1. The van der Waals surface area contributed by atoms with Gasteiger partial charge in [-0.2, -0.15) is 0 Å². The molecule has 1 fully saturated rings. The van der Waals surface area contributed by atoms with Crippen molar-refractivity contribution in [3.63, 3.8) is 0 Å². The fraction of sp³-hybridized carbons (Fsp3) is 0.391. The minimum atomic E-state index is 0.0817. The van der Waals surface area contributed by atoms with Crippen molar-refractivity contribution in [3.05, 3.63) is 65.7 Å². The molecule has 0 saturated carbocycles. The van der Waals surface area contributed by atoms with E-state index in [0.29, 0.717) is 25.3 Å². The van der Waals surface area contributed by atoms with Gasteiger partial charge >= 0.3 is 0 Å². The van der Waals surface area contributed by atoms with Gasteiger partial charge in [-0.05, 0) is 48.4 Å². The van der Waals surface area contributed by atoms with Crippen molar-refractivity contribution in [1.82, 2.24) is 5.32 Å². The van der Waals surface area contributed by atoms with Crippen molar-refractivity contribution < 1.29 is 9.59 Å². The maximum atomic E-state index is 12.3. The van der Waals surface area contributed by atoms with E-state index in [1.165, 1.54) is 5.56 Å². The van der Waals surface area contributed by atoms with E-state index in [1.807, 2.05) is 35.2 Å². The number of nitrogens with zero attached hydrogens (tertiary/aromatic N) is 1. The molecule has 1 atom stereocenters. The van der Waals surface area contributed by atoms with Crippen molar-refractivity contribution in [2.75, 3.05) is 11.4 Å². The number of carbonyl (C=O) groups excluding carboxylic acids is 2. The second kappa shape index (κ2) is 9.36. The summed E-state index contributed by atoms with van der Waals surface area (Å²) >= 11 is 0. The zero-order chi connectivity index (χ0) is 19.1. The molecule has 3 rings (SSSR count). The molecular formula is C23H28N2O2. The largest absolute Gasteiger partial charge is 0.352 e. The monoisotopic (exact) mass is 364 g/mol. The van der Waals surface area contributed by atoms with Crippen LogP contribution >= 0.6 is 0 Å². The summed E-state index contributed by atoms with van der Waals surface area (Å²) in [7, 11) is 0. The molecule has 0 aromatic heterocycles. The number of hydrogen-bond donors (Lipinski definition) is 1. The van der Waals surface area contributed by atoms with E-state index in [1.54, 1.807) is 0 Å². The predicted molar refractivity (Wildman–Crippen MR) is 108 cm³/mol. The van der Waals surface area contributed by atoms with Crippen LogP contribution < -0.4 is 10.2 Å². The van der Waals surface area contributed by atoms with Gasteiger partial charge in [-0.1, -0.05) is 49.4 Å². The van der Waals surface area contributed by atoms with Gasteiger partial charge < -0.3 is 10.2 Å². The molecule has 1 unspecified atom stereocenters. The van der Waals surface area contributed by atoms with Crippen molar-refractivity contribution in [2.24, 2.45) is 5.92 Å². The lowest BCUT2D eigenvalue weighted by atomic mass is 9.98. The fourth-order valence-corrected chi connectivity index (χ4v) is 3.50. The van der Waals surface area contributed by atoms with Crippen LogP contribution in [-0.2, 0) is 22.6 Å². The van der Waals surface area contributed by atoms with Crippen LogP contribution in [0.1, 0.15) is 43.7 Å². The van der Waals surface area contributed by atoms with Gasteiger partial charge in [0.2, 0.25) is 11.8 Å². The summed E-state index contributed by atoms with van der Waals surface area (Å²) < 4.78 is 0. The van der Waals surface area contributed by atoms with Gasteiger partial charge in [-0.3, -0.25) is 9.59 Å². The highest BCUT2D eigenvalue weighted by atomic mass is 16.2. The molecule has 2 aromatic carbocycles. The van der Waals surface area contributed by atoms with Crippen molar-refractivity contribution in [3.8, 4) is 0 Å². The van der Waals surface area contributed by atoms with Crippen LogP contribution in [0.2, 0.25) is 0 Å². The highest BCUT2D eigenvalue weighted by Crippen LogP contribution is 2.22. The van der Waals surface area contributed by atoms with Crippen LogP contribution in [-0.4, -0.2) is 18.4 Å². The van der Waals surface area contributed by atoms with Gasteiger partial charge in [0, 0.05) is 31.6 Å². The molecule has 2 aromatic rings. The Morgan fingerprint density at radius 3 is 2.63 bits per heavy atom. The minimum absolute atomic E-state index is 0.0817. The lowest BCUT2D eigenvalue weighted by Crippen LogP contribution is -2.26. The first-order chi connectivity index (χ1) is 13.1. The third-order valence-electron chi connectivity index (χ3n) is 5.09. The minimum Gasteiger partial charge on any atom is -0.352 e. The molecule has 4 heteroatoms. The Morgan fingerprint density at radius 1 is 1.11 bits per heavy atom. The summed E-state index contributed by atoms with van der Waals surface area (Å²) in [5, 5.41) is 3.01. The Bertz CT molecular complexity index is 773. The second-order valence-corrected chi connectivity index (χ2v) is 7.43. The average molecular weight is 364 g/mol. The van der Waals surface area contributed by atoms with Crippen LogP contribution in [0.25, 0.3) is 0 Å². The number of carbonyl (C=O) groups is 2. The molecule has 0 spiro atoms. The molecule has 4 nitrogen and oxygen atoms in total. The maximum absolute atomic E-state index is 12.3. The number of nitrogens with one attached hydrogen (secondary N) is 1. The van der Waals surface area contributed by atoms with E-state index in [2.05, 4.69) is 36.5 Å². The third-order valence-corrected chi connectivity index (χ3v) is 5.09. The standard InChI is InChI=1S/C23H28N2O2/c1-18(12-13-19-7-3-2-4-8-19)15-22(26)24-17-20-9-5-10-21(16-20)25-14-6-11-23(25)27/h2-5,7-10,16,18H,6,11-15,17H2,1H3,(H,24,26). The van der Waals surface area contributed by atoms with E-state index in [9.17, 15) is 9.59 Å². The highest BCUT2D eigenvalue weighted by molar-refractivity contribution is 5.95. The highest BCUT2D eigenvalue weighted by Gasteiger charge is 2.21. The molecule has 1 N–H and O–H groups in total. The Hall–Kier alpha value is -2.62. The molecule has 1 aliphatic rings. The zero-order valence-electron chi connectivity index (χ0n) is 16.0. The van der Waals surface area contributed by atoms with Crippen molar-refractivity contribution in [2.45, 2.75) is 45.6 Å². The quantitative estimate of drug-likeness (QED) is 0.767. The summed E-state index contributed by atoms with van der Waals surface area (Å²) in [5.74, 6) is 0.611. The Kier molecular flexibility index (Phi) is 6.64. The lowest BCUT2D eigenvalue weighted by molar-refractivity contribution is -0.122. The summed E-state index contributed by atoms with van der Waals surface area (Å²) in [4.78, 5) is 26.0. The molecule has 0 radical (unpaired) electrons. The van der Waals surface area contributed by atoms with Gasteiger partial charge in [-0.15, -0.1) is 0 Å². The molecule has 142 valence electrons. The van der Waals surface area contributed by atoms with Crippen LogP contribution in [0.5, 0.6) is 0 Å². The molecule has 27 heavy (non-hydrogen) atoms. The number of benzene rings is 2. The molecular weight excluding hydrogens is 336 g/mol. The first-order valence-electron chi connectivity index (χ1n) is 9.82. The van der Waals surface area contributed by atoms with Crippen molar-refractivity contribution >= 4 is 17.5 Å². The second-order valence-electron chi connectivity index (χ2n) is 7.43. The van der Waals surface area contributed by atoms with Crippen LogP contribution in [0.4, 0.5) is 5.69 Å². The van der Waals surface area contributed by atoms with Crippen LogP contribution in [0.3, 0.4) is 0 Å². The summed E-state index contributed by atoms with van der Waals surface area (Å²) in [5.41, 5.74) is 3.27. The molecule has 1 aliphatic heterocycles. The van der Waals surface area contributed by atoms with E-state index >= 15 is 0 Å². The number of hydrogen-bond acceptors (Lipinski definition) is 2. The summed E-state index contributed by atoms with van der Waals surface area (Å²) in [6.45, 7) is 3.41. The molecule has 1 heterocycles. The smallest absolute Gasteiger partial charge is 0.227 e. The Morgan fingerprint density at radius 2 is 1.89 bits per heavy atom. The number of rotatable bonds is 8. The fourth-order valence-electron chi connectivity index (χ4n) is 3.50. The Labute approximate surface area is 161 Å². The molecule has 2 amide bonds. The van der Waals surface area contributed by atoms with E-state index in [4.69, 9.17) is 0 Å². The van der Waals surface area contributed by atoms with Gasteiger partial charge in [0.05, 0.1) is 0 Å². The third kappa shape index (κ3) is 5.68. The predicted octanol–water partition coefficient (Wildman–Crippen LogP) is 4.09. The van der Waals surface area contributed by atoms with Crippen LogP contribution in [0, 0.1) is 5.92 Å². The van der Waals surface area contributed by atoms with Gasteiger partial charge in [0.1, 0.15) is 0 Å². The number of aryl methyl sites for hydroxylation is 1. The van der Waals surface area contributed by atoms with Gasteiger partial charge in [-0.25, -0.2) is 0 Å². The first kappa shape index (κ1) is 19.2. The summed E-state index contributed by atoms with van der Waals surface area (Å²) in [6.07, 6.45) is 4.09. The maximum Gasteiger partial charge on any atom is 0.227 e. The van der Waals surface area contributed by atoms with E-state index in [0.717, 1.165) is 37.1 Å². The van der Waals surface area contributed by atoms with E-state index < -0.39 is 0 Å². The summed E-state index contributed by atoms with van der Waals surface area (Å²) in [6, 6.07) is 18.3. The van der Waals surface area contributed by atoms with Crippen LogP contribution in [0.15, 0.2) is 54.6 Å². The topological polar surface area (TPSA) is 49.4 Å². The number of amides is 2. The molecule has 0 aliphatic carbocycles. The van der Waals surface area contributed by atoms with Gasteiger partial charge in [0.25, 0.3) is 0 Å². The Balaban J connectivity index is 1.44. The molecule has 1 saturated heterocycles. The molecule has 0 bridgehead atoms. The normalized spacial score (nSPS) is 15.0. The zero-order valence-corrected chi connectivity index (χ0v) is 16.0. The van der Waals surface area contributed by atoms with Crippen molar-refractivity contribution in [1.29, 1.82) is 0 Å². The lowest BCUT2D eigenvalue weighted by Gasteiger charge is -2.17. The average Bonchev–Trinajstić information content (AvgIpc) is 3.12. The van der Waals surface area contributed by atoms with Gasteiger partial charge in [0.15, 0.2) is 0 Å².